The average molecular weight is 423 g/mol. The highest BCUT2D eigenvalue weighted by Gasteiger charge is 2.40. The van der Waals surface area contributed by atoms with Crippen molar-refractivity contribution in [3.05, 3.63) is 46.8 Å². The van der Waals surface area contributed by atoms with Crippen LogP contribution >= 0.6 is 0 Å². The molecule has 0 bridgehead atoms. The molecule has 1 aromatic heterocycles. The van der Waals surface area contributed by atoms with Gasteiger partial charge in [0.05, 0.1) is 5.69 Å². The van der Waals surface area contributed by atoms with Crippen LogP contribution in [0, 0.1) is 0 Å². The van der Waals surface area contributed by atoms with Crippen molar-refractivity contribution in [2.24, 2.45) is 0 Å². The maximum atomic E-state index is 13.2. The Labute approximate surface area is 179 Å². The van der Waals surface area contributed by atoms with Crippen LogP contribution in [0.3, 0.4) is 0 Å². The van der Waals surface area contributed by atoms with Gasteiger partial charge in [0.15, 0.2) is 0 Å². The van der Waals surface area contributed by atoms with Crippen LogP contribution in [0.2, 0.25) is 0 Å². The second-order valence-corrected chi connectivity index (χ2v) is 8.34. The first-order valence-corrected chi connectivity index (χ1v) is 10.8. The zero-order valence-electron chi connectivity index (χ0n) is 17.1. The quantitative estimate of drug-likeness (QED) is 0.624. The van der Waals surface area contributed by atoms with Crippen LogP contribution in [0.1, 0.15) is 58.8 Å². The van der Waals surface area contributed by atoms with Crippen LogP contribution in [0.15, 0.2) is 29.0 Å². The number of benzene rings is 1. The van der Waals surface area contributed by atoms with Crippen LogP contribution in [0.25, 0.3) is 0 Å². The molecule has 2 saturated heterocycles. The second kappa shape index (κ2) is 8.14. The number of rotatable bonds is 5. The lowest BCUT2D eigenvalue weighted by Crippen LogP contribution is -2.52. The van der Waals surface area contributed by atoms with E-state index < -0.39 is 11.9 Å². The van der Waals surface area contributed by atoms with Crippen molar-refractivity contribution in [1.29, 1.82) is 0 Å². The minimum absolute atomic E-state index is 0.161. The molecular weight excluding hydrogens is 398 g/mol. The normalized spacial score (nSPS) is 21.9. The number of aromatic nitrogens is 1. The molecule has 0 aliphatic carbocycles. The van der Waals surface area contributed by atoms with Gasteiger partial charge in [-0.15, -0.1) is 0 Å². The number of nitrogens with zero attached hydrogens (tertiary/aromatic N) is 2. The van der Waals surface area contributed by atoms with Gasteiger partial charge in [-0.05, 0) is 43.5 Å². The van der Waals surface area contributed by atoms with Crippen molar-refractivity contribution in [3.8, 4) is 0 Å². The molecule has 3 amide bonds. The summed E-state index contributed by atoms with van der Waals surface area (Å²) in [6, 6.07) is 5.17. The van der Waals surface area contributed by atoms with E-state index in [1.165, 1.54) is 0 Å². The minimum Gasteiger partial charge on any atom is -0.377 e. The Balaban J connectivity index is 1.32. The summed E-state index contributed by atoms with van der Waals surface area (Å²) < 4.78 is 5.24. The molecule has 4 heterocycles. The van der Waals surface area contributed by atoms with E-state index in [9.17, 15) is 14.4 Å². The molecule has 2 fully saturated rings. The maximum absolute atomic E-state index is 13.2. The first-order chi connectivity index (χ1) is 15.1. The van der Waals surface area contributed by atoms with Crippen molar-refractivity contribution in [2.45, 2.75) is 50.7 Å². The predicted octanol–water partition coefficient (Wildman–Crippen LogP) is 1.51. The van der Waals surface area contributed by atoms with Gasteiger partial charge in [-0.1, -0.05) is 23.4 Å². The van der Waals surface area contributed by atoms with Gasteiger partial charge in [0.25, 0.3) is 5.91 Å². The number of nitrogens with one attached hydrogen (secondary N) is 3. The lowest BCUT2D eigenvalue weighted by Gasteiger charge is -2.29. The zero-order chi connectivity index (χ0) is 21.4. The van der Waals surface area contributed by atoms with E-state index in [4.69, 9.17) is 4.52 Å². The third-order valence-corrected chi connectivity index (χ3v) is 6.43. The van der Waals surface area contributed by atoms with Gasteiger partial charge in [-0.2, -0.15) is 0 Å². The van der Waals surface area contributed by atoms with Crippen LogP contribution < -0.4 is 16.0 Å². The van der Waals surface area contributed by atoms with E-state index in [1.807, 2.05) is 18.2 Å². The summed E-state index contributed by atoms with van der Waals surface area (Å²) in [5.74, 6) is -0.485. The highest BCUT2D eigenvalue weighted by molar-refractivity contribution is 6.06. The van der Waals surface area contributed by atoms with E-state index in [0.29, 0.717) is 31.0 Å². The maximum Gasteiger partial charge on any atom is 0.255 e. The summed E-state index contributed by atoms with van der Waals surface area (Å²) in [5.41, 5.74) is 4.20. The van der Waals surface area contributed by atoms with Crippen LogP contribution in [-0.2, 0) is 22.7 Å². The van der Waals surface area contributed by atoms with Gasteiger partial charge >= 0.3 is 0 Å². The molecule has 2 aromatic rings. The molecule has 9 heteroatoms. The molecule has 3 aliphatic heterocycles. The number of anilines is 1. The molecule has 1 atom stereocenters. The van der Waals surface area contributed by atoms with Crippen LogP contribution in [0.5, 0.6) is 0 Å². The summed E-state index contributed by atoms with van der Waals surface area (Å²) in [5, 5.41) is 13.3. The number of fused-ring (bicyclic) bond motifs is 1. The molecule has 1 aromatic carbocycles. The van der Waals surface area contributed by atoms with Gasteiger partial charge in [0.1, 0.15) is 18.0 Å². The third kappa shape index (κ3) is 3.69. The Morgan fingerprint density at radius 1 is 1.16 bits per heavy atom. The fourth-order valence-corrected chi connectivity index (χ4v) is 4.80. The first-order valence-electron chi connectivity index (χ1n) is 10.8. The summed E-state index contributed by atoms with van der Waals surface area (Å²) >= 11 is 0. The van der Waals surface area contributed by atoms with Gasteiger partial charge < -0.3 is 20.1 Å². The van der Waals surface area contributed by atoms with Crippen LogP contribution in [-0.4, -0.2) is 46.9 Å². The predicted molar refractivity (Wildman–Crippen MR) is 111 cm³/mol. The number of amides is 3. The number of carbonyl (C=O) groups is 3. The van der Waals surface area contributed by atoms with E-state index in [0.717, 1.165) is 48.4 Å². The molecule has 3 N–H and O–H groups in total. The second-order valence-electron chi connectivity index (χ2n) is 8.34. The van der Waals surface area contributed by atoms with E-state index >= 15 is 0 Å². The number of hydrogen-bond donors (Lipinski definition) is 3. The Hall–Kier alpha value is -3.20. The summed E-state index contributed by atoms with van der Waals surface area (Å²) in [6.07, 6.45) is 4.26. The Morgan fingerprint density at radius 3 is 2.81 bits per heavy atom. The topological polar surface area (TPSA) is 117 Å². The number of imide groups is 1. The van der Waals surface area contributed by atoms with Gasteiger partial charge in [0.2, 0.25) is 11.8 Å². The molecular formula is C22H25N5O4. The van der Waals surface area contributed by atoms with Crippen molar-refractivity contribution in [1.82, 2.24) is 20.7 Å². The lowest BCUT2D eigenvalue weighted by atomic mass is 9.94. The fraction of sp³-hybridized carbons (Fsp3) is 0.455. The molecule has 162 valence electrons. The highest BCUT2D eigenvalue weighted by Crippen LogP contribution is 2.32. The molecule has 0 saturated carbocycles. The molecule has 5 rings (SSSR count). The largest absolute Gasteiger partial charge is 0.377 e. The number of carbonyl (C=O) groups excluding carboxylic acids is 3. The molecule has 31 heavy (non-hydrogen) atoms. The lowest BCUT2D eigenvalue weighted by molar-refractivity contribution is -0.136. The Morgan fingerprint density at radius 2 is 2.00 bits per heavy atom. The van der Waals surface area contributed by atoms with Crippen molar-refractivity contribution in [2.75, 3.05) is 18.4 Å². The van der Waals surface area contributed by atoms with Crippen molar-refractivity contribution >= 4 is 23.4 Å². The summed E-state index contributed by atoms with van der Waals surface area (Å²) in [7, 11) is 0. The van der Waals surface area contributed by atoms with Gasteiger partial charge in [-0.3, -0.25) is 19.7 Å². The molecule has 0 radical (unpaired) electrons. The SMILES string of the molecule is O=C1CCC(N2Cc3cccc(CNc4conc4C4CCNCC4)c3C2=O)C(=O)N1. The Kier molecular flexibility index (Phi) is 5.19. The van der Waals surface area contributed by atoms with E-state index in [-0.39, 0.29) is 18.2 Å². The standard InChI is InChI=1S/C22H25N5O4/c28-18-5-4-17(21(29)25-18)27-11-15-3-1-2-14(19(15)22(27)30)10-24-16-12-31-26-20(16)13-6-8-23-9-7-13/h1-3,12-13,17,23-24H,4-11H2,(H,25,28,29). The van der Waals surface area contributed by atoms with Gasteiger partial charge in [0, 0.05) is 31.0 Å². The van der Waals surface area contributed by atoms with Gasteiger partial charge in [-0.25, -0.2) is 0 Å². The number of hydrogen-bond acceptors (Lipinski definition) is 7. The Bertz CT molecular complexity index is 1030. The van der Waals surface area contributed by atoms with Crippen LogP contribution in [0.4, 0.5) is 5.69 Å². The molecule has 0 spiro atoms. The monoisotopic (exact) mass is 423 g/mol. The fourth-order valence-electron chi connectivity index (χ4n) is 4.80. The average Bonchev–Trinajstić information content (AvgIpc) is 3.38. The third-order valence-electron chi connectivity index (χ3n) is 6.43. The highest BCUT2D eigenvalue weighted by atomic mass is 16.5. The van der Waals surface area contributed by atoms with E-state index in [1.54, 1.807) is 11.2 Å². The smallest absolute Gasteiger partial charge is 0.255 e. The van der Waals surface area contributed by atoms with Crippen molar-refractivity contribution < 1.29 is 18.9 Å². The molecule has 3 aliphatic rings. The summed E-state index contributed by atoms with van der Waals surface area (Å²) in [4.78, 5) is 38.5. The molecule has 1 unspecified atom stereocenters. The first kappa shape index (κ1) is 19.7. The van der Waals surface area contributed by atoms with E-state index in [2.05, 4.69) is 21.1 Å². The zero-order valence-corrected chi connectivity index (χ0v) is 17.1. The molecule has 9 nitrogen and oxygen atoms in total. The number of piperidine rings is 2. The summed E-state index contributed by atoms with van der Waals surface area (Å²) in [6.45, 7) is 2.76. The van der Waals surface area contributed by atoms with Crippen molar-refractivity contribution in [3.63, 3.8) is 0 Å². The minimum atomic E-state index is -0.608.